The molecule has 0 aliphatic heterocycles. The van der Waals surface area contributed by atoms with Gasteiger partial charge in [0.05, 0.1) is 5.56 Å². The number of benzene rings is 1. The van der Waals surface area contributed by atoms with Gasteiger partial charge >= 0.3 is 5.97 Å². The zero-order valence-electron chi connectivity index (χ0n) is 10.9. The van der Waals surface area contributed by atoms with E-state index in [-0.39, 0.29) is 0 Å². The molecule has 0 radical (unpaired) electrons. The highest BCUT2D eigenvalue weighted by Gasteiger charge is 2.08. The van der Waals surface area contributed by atoms with Crippen molar-refractivity contribution in [1.82, 2.24) is 4.90 Å². The van der Waals surface area contributed by atoms with Gasteiger partial charge in [0.1, 0.15) is 0 Å². The fourth-order valence-electron chi connectivity index (χ4n) is 1.69. The van der Waals surface area contributed by atoms with Crippen LogP contribution in [0.5, 0.6) is 0 Å². The van der Waals surface area contributed by atoms with Crippen molar-refractivity contribution in [1.29, 1.82) is 0 Å². The lowest BCUT2D eigenvalue weighted by atomic mass is 10.1. The number of anilines is 1. The van der Waals surface area contributed by atoms with Gasteiger partial charge in [-0.2, -0.15) is 0 Å². The number of hydrogen-bond acceptors (Lipinski definition) is 3. The summed E-state index contributed by atoms with van der Waals surface area (Å²) in [4.78, 5) is 15.1. The summed E-state index contributed by atoms with van der Waals surface area (Å²) in [6, 6.07) is 5.23. The molecule has 94 valence electrons. The molecule has 1 aromatic rings. The van der Waals surface area contributed by atoms with E-state index in [1.165, 1.54) is 0 Å². The fourth-order valence-corrected chi connectivity index (χ4v) is 1.69. The van der Waals surface area contributed by atoms with Crippen LogP contribution < -0.4 is 4.90 Å². The van der Waals surface area contributed by atoms with Gasteiger partial charge in [-0.05, 0) is 44.8 Å². The van der Waals surface area contributed by atoms with E-state index in [9.17, 15) is 4.79 Å². The first kappa shape index (κ1) is 13.5. The minimum Gasteiger partial charge on any atom is -0.478 e. The number of nitrogens with zero attached hydrogens (tertiary/aromatic N) is 2. The van der Waals surface area contributed by atoms with Crippen molar-refractivity contribution >= 4 is 11.7 Å². The van der Waals surface area contributed by atoms with Gasteiger partial charge in [0.25, 0.3) is 0 Å². The molecule has 0 heterocycles. The lowest BCUT2D eigenvalue weighted by Gasteiger charge is -2.23. The molecule has 1 aromatic carbocycles. The van der Waals surface area contributed by atoms with Crippen LogP contribution in [0.1, 0.15) is 15.9 Å². The number of carboxylic acids is 1. The van der Waals surface area contributed by atoms with Crippen LogP contribution in [0, 0.1) is 6.92 Å². The molecule has 0 bridgehead atoms. The number of carboxylic acid groups (broad SMARTS) is 1. The molecule has 0 saturated heterocycles. The standard InChI is InChI=1S/C13H20N2O2/c1-10-9-11(13(16)17)5-6-12(10)15(4)8-7-14(2)3/h5-6,9H,7-8H2,1-4H3,(H,16,17). The van der Waals surface area contributed by atoms with Gasteiger partial charge < -0.3 is 14.9 Å². The van der Waals surface area contributed by atoms with E-state index in [0.717, 1.165) is 24.3 Å². The van der Waals surface area contributed by atoms with E-state index >= 15 is 0 Å². The Morgan fingerprint density at radius 2 is 1.88 bits per heavy atom. The molecular formula is C13H20N2O2. The van der Waals surface area contributed by atoms with Crippen molar-refractivity contribution in [3.63, 3.8) is 0 Å². The molecule has 4 heteroatoms. The molecule has 1 N–H and O–H groups in total. The maximum Gasteiger partial charge on any atom is 0.335 e. The van der Waals surface area contributed by atoms with E-state index in [0.29, 0.717) is 5.56 Å². The SMILES string of the molecule is Cc1cc(C(=O)O)ccc1N(C)CCN(C)C. The highest BCUT2D eigenvalue weighted by molar-refractivity contribution is 5.88. The molecule has 0 aliphatic carbocycles. The van der Waals surface area contributed by atoms with Gasteiger partial charge in [0.2, 0.25) is 0 Å². The van der Waals surface area contributed by atoms with Gasteiger partial charge in [0.15, 0.2) is 0 Å². The number of carbonyl (C=O) groups is 1. The van der Waals surface area contributed by atoms with Crippen LogP contribution in [0.15, 0.2) is 18.2 Å². The molecular weight excluding hydrogens is 216 g/mol. The Bertz CT molecular complexity index is 402. The lowest BCUT2D eigenvalue weighted by molar-refractivity contribution is 0.0697. The third kappa shape index (κ3) is 3.75. The van der Waals surface area contributed by atoms with Crippen molar-refractivity contribution in [2.75, 3.05) is 39.1 Å². The van der Waals surface area contributed by atoms with E-state index in [1.54, 1.807) is 12.1 Å². The Morgan fingerprint density at radius 1 is 1.24 bits per heavy atom. The van der Waals surface area contributed by atoms with Crippen LogP contribution in [0.3, 0.4) is 0 Å². The third-order valence-electron chi connectivity index (χ3n) is 2.74. The summed E-state index contributed by atoms with van der Waals surface area (Å²) in [5.41, 5.74) is 2.41. The lowest BCUT2D eigenvalue weighted by Crippen LogP contribution is -2.28. The topological polar surface area (TPSA) is 43.8 Å². The van der Waals surface area contributed by atoms with Crippen LogP contribution in [-0.2, 0) is 0 Å². The highest BCUT2D eigenvalue weighted by Crippen LogP contribution is 2.20. The van der Waals surface area contributed by atoms with Gasteiger partial charge in [-0.3, -0.25) is 0 Å². The predicted octanol–water partition coefficient (Wildman–Crippen LogP) is 1.69. The maximum absolute atomic E-state index is 10.8. The van der Waals surface area contributed by atoms with Crippen molar-refractivity contribution in [2.24, 2.45) is 0 Å². The Labute approximate surface area is 102 Å². The minimum absolute atomic E-state index is 0.340. The zero-order valence-corrected chi connectivity index (χ0v) is 10.9. The average molecular weight is 236 g/mol. The number of aromatic carboxylic acids is 1. The Balaban J connectivity index is 2.81. The van der Waals surface area contributed by atoms with Crippen LogP contribution in [-0.4, -0.2) is 50.2 Å². The summed E-state index contributed by atoms with van der Waals surface area (Å²) in [6.07, 6.45) is 0. The quantitative estimate of drug-likeness (QED) is 0.845. The summed E-state index contributed by atoms with van der Waals surface area (Å²) in [5.74, 6) is -0.879. The van der Waals surface area contributed by atoms with Crippen LogP contribution in [0.25, 0.3) is 0 Å². The molecule has 0 amide bonds. The number of aryl methyl sites for hydroxylation is 1. The van der Waals surface area contributed by atoms with E-state index < -0.39 is 5.97 Å². The Morgan fingerprint density at radius 3 is 2.35 bits per heavy atom. The van der Waals surface area contributed by atoms with Crippen LogP contribution >= 0.6 is 0 Å². The molecule has 0 aromatic heterocycles. The van der Waals surface area contributed by atoms with Crippen molar-refractivity contribution in [2.45, 2.75) is 6.92 Å². The summed E-state index contributed by atoms with van der Waals surface area (Å²) < 4.78 is 0. The van der Waals surface area contributed by atoms with Gasteiger partial charge in [-0.25, -0.2) is 4.79 Å². The van der Waals surface area contributed by atoms with E-state index in [4.69, 9.17) is 5.11 Å². The normalized spacial score (nSPS) is 10.6. The number of likely N-dealkylation sites (N-methyl/N-ethyl adjacent to an activating group) is 2. The van der Waals surface area contributed by atoms with Crippen LogP contribution in [0.4, 0.5) is 5.69 Å². The van der Waals surface area contributed by atoms with Gasteiger partial charge in [-0.15, -0.1) is 0 Å². The molecule has 0 unspecified atom stereocenters. The Hall–Kier alpha value is -1.55. The van der Waals surface area contributed by atoms with Crippen molar-refractivity contribution in [3.05, 3.63) is 29.3 Å². The predicted molar refractivity (Wildman–Crippen MR) is 70.0 cm³/mol. The maximum atomic E-state index is 10.8. The Kier molecular flexibility index (Phi) is 4.52. The molecule has 0 fully saturated rings. The van der Waals surface area contributed by atoms with Crippen molar-refractivity contribution < 1.29 is 9.90 Å². The van der Waals surface area contributed by atoms with Gasteiger partial charge in [0, 0.05) is 25.8 Å². The molecule has 4 nitrogen and oxygen atoms in total. The van der Waals surface area contributed by atoms with E-state index in [1.807, 2.05) is 34.1 Å². The minimum atomic E-state index is -0.879. The third-order valence-corrected chi connectivity index (χ3v) is 2.74. The average Bonchev–Trinajstić information content (AvgIpc) is 2.25. The molecule has 17 heavy (non-hydrogen) atoms. The summed E-state index contributed by atoms with van der Waals surface area (Å²) in [6.45, 7) is 3.82. The summed E-state index contributed by atoms with van der Waals surface area (Å²) >= 11 is 0. The summed E-state index contributed by atoms with van der Waals surface area (Å²) in [7, 11) is 6.09. The second-order valence-electron chi connectivity index (χ2n) is 4.53. The molecule has 0 atom stereocenters. The van der Waals surface area contributed by atoms with E-state index in [2.05, 4.69) is 9.80 Å². The monoisotopic (exact) mass is 236 g/mol. The molecule has 0 aliphatic rings. The molecule has 0 spiro atoms. The first-order valence-electron chi connectivity index (χ1n) is 5.61. The zero-order chi connectivity index (χ0) is 13.0. The summed E-state index contributed by atoms with van der Waals surface area (Å²) in [5, 5.41) is 8.89. The van der Waals surface area contributed by atoms with Gasteiger partial charge in [-0.1, -0.05) is 0 Å². The highest BCUT2D eigenvalue weighted by atomic mass is 16.4. The fraction of sp³-hybridized carbons (Fsp3) is 0.462. The largest absolute Gasteiger partial charge is 0.478 e. The first-order chi connectivity index (χ1) is 7.91. The molecule has 0 saturated carbocycles. The van der Waals surface area contributed by atoms with Crippen LogP contribution in [0.2, 0.25) is 0 Å². The number of hydrogen-bond donors (Lipinski definition) is 1. The molecule has 1 rings (SSSR count). The van der Waals surface area contributed by atoms with Crippen molar-refractivity contribution in [3.8, 4) is 0 Å². The number of rotatable bonds is 5. The first-order valence-corrected chi connectivity index (χ1v) is 5.61. The second-order valence-corrected chi connectivity index (χ2v) is 4.53. The smallest absolute Gasteiger partial charge is 0.335 e. The second kappa shape index (κ2) is 5.68.